The lowest BCUT2D eigenvalue weighted by Crippen LogP contribution is -2.42. The standard InChI is InChI=1S/C25H26O2Si/c1-4-27-25(26)16-10-15-24(28(2,3)23-13-6-5-7-14-23)22-18-17-20-11-8-9-12-21(20)19-22/h5-14,17-19H,4,16H2,1-3H3. The Morgan fingerprint density at radius 3 is 2.36 bits per heavy atom. The molecule has 3 rings (SSSR count). The van der Waals surface area contributed by atoms with E-state index in [1.54, 1.807) is 0 Å². The zero-order valence-electron chi connectivity index (χ0n) is 16.7. The number of carbonyl (C=O) groups is 1. The van der Waals surface area contributed by atoms with E-state index >= 15 is 0 Å². The number of carbonyl (C=O) groups excluding carboxylic acids is 1. The maximum absolute atomic E-state index is 11.8. The Hall–Kier alpha value is -2.87. The number of benzene rings is 3. The molecule has 0 N–H and O–H groups in total. The van der Waals surface area contributed by atoms with E-state index in [4.69, 9.17) is 4.74 Å². The van der Waals surface area contributed by atoms with Gasteiger partial charge in [0, 0.05) is 0 Å². The summed E-state index contributed by atoms with van der Waals surface area (Å²) in [6.07, 6.45) is 2.06. The van der Waals surface area contributed by atoms with Crippen molar-refractivity contribution in [1.29, 1.82) is 0 Å². The molecule has 0 aliphatic rings. The molecule has 3 aromatic rings. The highest BCUT2D eigenvalue weighted by molar-refractivity contribution is 7.04. The van der Waals surface area contributed by atoms with Crippen LogP contribution in [0.4, 0.5) is 0 Å². The Labute approximate surface area is 168 Å². The van der Waals surface area contributed by atoms with Crippen LogP contribution in [0.3, 0.4) is 0 Å². The number of rotatable bonds is 6. The molecule has 0 amide bonds. The van der Waals surface area contributed by atoms with Crippen LogP contribution in [0.15, 0.2) is 84.6 Å². The summed E-state index contributed by atoms with van der Waals surface area (Å²) in [5, 5.41) is 4.96. The Balaban J connectivity index is 2.10. The highest BCUT2D eigenvalue weighted by Crippen LogP contribution is 2.28. The first-order valence-electron chi connectivity index (χ1n) is 9.68. The van der Waals surface area contributed by atoms with Gasteiger partial charge < -0.3 is 4.74 Å². The fourth-order valence-electron chi connectivity index (χ4n) is 3.42. The third kappa shape index (κ3) is 4.51. The summed E-state index contributed by atoms with van der Waals surface area (Å²) in [5.74, 6) is -0.216. The van der Waals surface area contributed by atoms with Crippen molar-refractivity contribution in [3.63, 3.8) is 0 Å². The Bertz CT molecular complexity index is 1030. The van der Waals surface area contributed by atoms with Gasteiger partial charge in [-0.3, -0.25) is 4.79 Å². The molecule has 0 atom stereocenters. The van der Waals surface area contributed by atoms with Crippen molar-refractivity contribution in [1.82, 2.24) is 0 Å². The Morgan fingerprint density at radius 1 is 0.964 bits per heavy atom. The molecule has 2 nitrogen and oxygen atoms in total. The van der Waals surface area contributed by atoms with Crippen LogP contribution in [0.2, 0.25) is 13.1 Å². The van der Waals surface area contributed by atoms with Gasteiger partial charge in [-0.05, 0) is 40.6 Å². The average Bonchev–Trinajstić information content (AvgIpc) is 2.71. The Kier molecular flexibility index (Phi) is 6.30. The van der Waals surface area contributed by atoms with Gasteiger partial charge in [0.2, 0.25) is 0 Å². The monoisotopic (exact) mass is 386 g/mol. The van der Waals surface area contributed by atoms with E-state index in [9.17, 15) is 4.79 Å². The van der Waals surface area contributed by atoms with Gasteiger partial charge in [0.25, 0.3) is 0 Å². The minimum Gasteiger partial charge on any atom is -0.466 e. The van der Waals surface area contributed by atoms with Crippen LogP contribution >= 0.6 is 0 Å². The molecular weight excluding hydrogens is 360 g/mol. The second kappa shape index (κ2) is 8.88. The van der Waals surface area contributed by atoms with Crippen LogP contribution in [-0.4, -0.2) is 20.7 Å². The summed E-state index contributed by atoms with van der Waals surface area (Å²) < 4.78 is 5.05. The molecule has 0 saturated carbocycles. The van der Waals surface area contributed by atoms with Crippen molar-refractivity contribution >= 4 is 35.2 Å². The van der Waals surface area contributed by atoms with E-state index in [0.29, 0.717) is 6.61 Å². The van der Waals surface area contributed by atoms with Gasteiger partial charge in [-0.15, -0.1) is 5.73 Å². The lowest BCUT2D eigenvalue weighted by atomic mass is 10.1. The van der Waals surface area contributed by atoms with E-state index in [1.165, 1.54) is 26.7 Å². The minimum atomic E-state index is -2.01. The smallest absolute Gasteiger partial charge is 0.310 e. The fourth-order valence-corrected chi connectivity index (χ4v) is 6.08. The van der Waals surface area contributed by atoms with Gasteiger partial charge in [-0.1, -0.05) is 85.0 Å². The molecule has 0 saturated heterocycles. The number of hydrogen-bond donors (Lipinski definition) is 0. The lowest BCUT2D eigenvalue weighted by Gasteiger charge is -2.25. The fraction of sp³-hybridized carbons (Fsp3) is 0.200. The summed E-state index contributed by atoms with van der Waals surface area (Å²) in [4.78, 5) is 11.8. The molecule has 28 heavy (non-hydrogen) atoms. The first-order chi connectivity index (χ1) is 13.5. The normalized spacial score (nSPS) is 11.0. The maximum Gasteiger partial charge on any atom is 0.310 e. The molecule has 0 bridgehead atoms. The minimum absolute atomic E-state index is 0.216. The van der Waals surface area contributed by atoms with Crippen LogP contribution < -0.4 is 5.19 Å². The predicted octanol–water partition coefficient (Wildman–Crippen LogP) is 5.49. The molecule has 0 unspecified atom stereocenters. The third-order valence-electron chi connectivity index (χ3n) is 4.98. The van der Waals surface area contributed by atoms with Crippen molar-refractivity contribution in [2.75, 3.05) is 6.61 Å². The summed E-state index contributed by atoms with van der Waals surface area (Å²) >= 11 is 0. The van der Waals surface area contributed by atoms with Crippen molar-refractivity contribution < 1.29 is 9.53 Å². The van der Waals surface area contributed by atoms with Crippen LogP contribution in [0.1, 0.15) is 18.9 Å². The highest BCUT2D eigenvalue weighted by Gasteiger charge is 2.29. The largest absolute Gasteiger partial charge is 0.466 e. The molecule has 3 heteroatoms. The zero-order chi connectivity index (χ0) is 20.0. The SMILES string of the molecule is CCOC(=O)CC=C=C(c1ccc2ccccc2c1)[Si](C)(C)c1ccccc1. The first-order valence-corrected chi connectivity index (χ1v) is 12.7. The van der Waals surface area contributed by atoms with Crippen LogP contribution in [0.5, 0.6) is 0 Å². The number of esters is 1. The average molecular weight is 387 g/mol. The summed E-state index contributed by atoms with van der Waals surface area (Å²) in [7, 11) is -2.01. The number of hydrogen-bond acceptors (Lipinski definition) is 2. The zero-order valence-corrected chi connectivity index (χ0v) is 17.7. The van der Waals surface area contributed by atoms with Crippen molar-refractivity contribution in [3.05, 3.63) is 90.2 Å². The Morgan fingerprint density at radius 2 is 1.64 bits per heavy atom. The van der Waals surface area contributed by atoms with E-state index < -0.39 is 8.07 Å². The molecule has 0 aromatic heterocycles. The van der Waals surface area contributed by atoms with Crippen LogP contribution in [-0.2, 0) is 9.53 Å². The molecular formula is C25H26O2Si. The van der Waals surface area contributed by atoms with Gasteiger partial charge >= 0.3 is 5.97 Å². The molecule has 0 heterocycles. The summed E-state index contributed by atoms with van der Waals surface area (Å²) in [5.41, 5.74) is 4.65. The third-order valence-corrected chi connectivity index (χ3v) is 8.44. The molecule has 0 fully saturated rings. The van der Waals surface area contributed by atoms with Crippen molar-refractivity contribution in [2.24, 2.45) is 0 Å². The second-order valence-corrected chi connectivity index (χ2v) is 11.6. The highest BCUT2D eigenvalue weighted by atomic mass is 28.3. The van der Waals surface area contributed by atoms with E-state index in [-0.39, 0.29) is 12.4 Å². The molecule has 0 spiro atoms. The van der Waals surface area contributed by atoms with E-state index in [1.807, 2.05) is 19.1 Å². The van der Waals surface area contributed by atoms with Gasteiger partial charge in [0.05, 0.1) is 13.0 Å². The maximum atomic E-state index is 11.8. The predicted molar refractivity (Wildman–Crippen MR) is 120 cm³/mol. The number of fused-ring (bicyclic) bond motifs is 1. The van der Waals surface area contributed by atoms with E-state index in [0.717, 1.165) is 0 Å². The van der Waals surface area contributed by atoms with Crippen LogP contribution in [0.25, 0.3) is 16.0 Å². The molecule has 0 aliphatic heterocycles. The van der Waals surface area contributed by atoms with E-state index in [2.05, 4.69) is 85.6 Å². The molecule has 3 aromatic carbocycles. The first kappa shape index (κ1) is 19.9. The lowest BCUT2D eigenvalue weighted by molar-refractivity contribution is -0.142. The molecule has 0 aliphatic carbocycles. The van der Waals surface area contributed by atoms with Gasteiger partial charge in [-0.25, -0.2) is 0 Å². The molecule has 0 radical (unpaired) electrons. The van der Waals surface area contributed by atoms with Gasteiger partial charge in [0.15, 0.2) is 0 Å². The van der Waals surface area contributed by atoms with Crippen molar-refractivity contribution in [2.45, 2.75) is 26.4 Å². The molecule has 142 valence electrons. The van der Waals surface area contributed by atoms with Gasteiger partial charge in [-0.2, -0.15) is 0 Å². The quantitative estimate of drug-likeness (QED) is 0.318. The number of ether oxygens (including phenoxy) is 1. The van der Waals surface area contributed by atoms with Crippen LogP contribution in [0, 0.1) is 0 Å². The summed E-state index contributed by atoms with van der Waals surface area (Å²) in [6.45, 7) is 6.89. The van der Waals surface area contributed by atoms with Crippen molar-refractivity contribution in [3.8, 4) is 0 Å². The van der Waals surface area contributed by atoms with Gasteiger partial charge in [0.1, 0.15) is 8.07 Å². The summed E-state index contributed by atoms with van der Waals surface area (Å²) in [6, 6.07) is 25.5. The second-order valence-electron chi connectivity index (χ2n) is 7.29. The topological polar surface area (TPSA) is 26.3 Å².